The molecule has 2 aromatic heterocycles. The minimum Gasteiger partial charge on any atom is -0.469 e. The third-order valence-corrected chi connectivity index (χ3v) is 10.1. The molecule has 3 aliphatic heterocycles. The molecule has 5 heterocycles. The van der Waals surface area contributed by atoms with E-state index in [1.54, 1.807) is 13.8 Å². The maximum atomic E-state index is 14.1. The van der Waals surface area contributed by atoms with E-state index in [2.05, 4.69) is 15.6 Å². The molecule has 2 unspecified atom stereocenters. The quantitative estimate of drug-likeness (QED) is 0.217. The van der Waals surface area contributed by atoms with Crippen LogP contribution in [0.4, 0.5) is 5.69 Å². The zero-order valence-corrected chi connectivity index (χ0v) is 27.5. The van der Waals surface area contributed by atoms with Gasteiger partial charge in [-0.3, -0.25) is 9.59 Å². The normalized spacial score (nSPS) is 22.5. The van der Waals surface area contributed by atoms with E-state index < -0.39 is 35.2 Å². The van der Waals surface area contributed by atoms with Crippen molar-refractivity contribution in [1.82, 2.24) is 15.3 Å². The first-order valence-corrected chi connectivity index (χ1v) is 16.3. The standard InChI is InChI=1S/C36H38N4O8/c1-6-35(44,7-2)26(41)16-20-14-19-12-13-25-22(15-19)36(21-10-8-9-11-23(21)38-34(36)47-25)29-28(31-37-24(17-46-31)33(43)45-5)40-32(48-29)27(18(3)4)39-30(20)42/h8-13,15,17-18,20,27,34,38,44H,6-7,14,16H2,1-5H3,(H,39,42)/t20?,27-,34-,36?/m0/s1. The SMILES string of the molecule is CCC(O)(CC)C(=O)CC1Cc2ccc3c(c2)C2(c4ccccc4N[C@H]2O3)c2oc(nc2-c2nc(C(=O)OC)co2)[C@H](C(C)C)NC1=O. The summed E-state index contributed by atoms with van der Waals surface area (Å²) in [4.78, 5) is 49.3. The predicted octanol–water partition coefficient (Wildman–Crippen LogP) is 5.09. The molecule has 2 aromatic carbocycles. The Morgan fingerprint density at radius 2 is 1.88 bits per heavy atom. The van der Waals surface area contributed by atoms with Crippen molar-refractivity contribution >= 4 is 23.3 Å². The number of aromatic nitrogens is 2. The van der Waals surface area contributed by atoms with Crippen LogP contribution < -0.4 is 15.4 Å². The Morgan fingerprint density at radius 3 is 2.60 bits per heavy atom. The number of carbonyl (C=O) groups excluding carboxylic acids is 3. The number of hydrogen-bond donors (Lipinski definition) is 3. The van der Waals surface area contributed by atoms with E-state index in [1.807, 2.05) is 56.3 Å². The second-order valence-electron chi connectivity index (χ2n) is 13.1. The molecule has 3 aliphatic rings. The Labute approximate surface area is 277 Å². The number of para-hydroxylation sites is 1. The first-order chi connectivity index (χ1) is 23.0. The summed E-state index contributed by atoms with van der Waals surface area (Å²) in [6.45, 7) is 7.39. The zero-order chi connectivity index (χ0) is 34.0. The molecule has 12 heteroatoms. The van der Waals surface area contributed by atoms with Crippen LogP contribution in [0.1, 0.15) is 91.8 Å². The van der Waals surface area contributed by atoms with Gasteiger partial charge in [0.15, 0.2) is 29.2 Å². The van der Waals surface area contributed by atoms with Crippen LogP contribution in [0.5, 0.6) is 5.75 Å². The van der Waals surface area contributed by atoms with E-state index in [-0.39, 0.29) is 66.5 Å². The van der Waals surface area contributed by atoms with Gasteiger partial charge in [-0.05, 0) is 48.4 Å². The summed E-state index contributed by atoms with van der Waals surface area (Å²) in [5, 5.41) is 17.7. The number of ether oxygens (including phenoxy) is 2. The molecule has 4 bridgehead atoms. The number of aliphatic hydroxyl groups is 1. The van der Waals surface area contributed by atoms with Crippen molar-refractivity contribution in [2.24, 2.45) is 11.8 Å². The van der Waals surface area contributed by atoms with E-state index in [9.17, 15) is 19.5 Å². The smallest absolute Gasteiger partial charge is 0.360 e. The van der Waals surface area contributed by atoms with Crippen LogP contribution in [0.15, 0.2) is 57.6 Å². The van der Waals surface area contributed by atoms with Crippen LogP contribution >= 0.6 is 0 Å². The minimum atomic E-state index is -1.52. The summed E-state index contributed by atoms with van der Waals surface area (Å²) in [7, 11) is 1.26. The molecule has 0 radical (unpaired) electrons. The van der Waals surface area contributed by atoms with Gasteiger partial charge in [0.1, 0.15) is 29.1 Å². The molecular weight excluding hydrogens is 616 g/mol. The molecule has 0 saturated carbocycles. The van der Waals surface area contributed by atoms with Gasteiger partial charge in [0.05, 0.1) is 7.11 Å². The number of ketones is 1. The van der Waals surface area contributed by atoms with Crippen molar-refractivity contribution < 1.29 is 37.8 Å². The van der Waals surface area contributed by atoms with Gasteiger partial charge < -0.3 is 34.0 Å². The maximum absolute atomic E-state index is 14.1. The largest absolute Gasteiger partial charge is 0.469 e. The number of rotatable bonds is 8. The highest BCUT2D eigenvalue weighted by atomic mass is 16.5. The Bertz CT molecular complexity index is 1920. The van der Waals surface area contributed by atoms with Gasteiger partial charge >= 0.3 is 5.97 Å². The van der Waals surface area contributed by atoms with Gasteiger partial charge in [-0.25, -0.2) is 14.8 Å². The molecule has 4 aromatic rings. The third-order valence-electron chi connectivity index (χ3n) is 10.1. The van der Waals surface area contributed by atoms with E-state index in [1.165, 1.54) is 13.4 Å². The lowest BCUT2D eigenvalue weighted by molar-refractivity contribution is -0.141. The van der Waals surface area contributed by atoms with Crippen molar-refractivity contribution in [3.8, 4) is 17.3 Å². The number of benzene rings is 2. The summed E-state index contributed by atoms with van der Waals surface area (Å²) in [6, 6.07) is 12.9. The number of methoxy groups -OCH3 is 1. The summed E-state index contributed by atoms with van der Waals surface area (Å²) in [5.74, 6) is -1.17. The number of amides is 1. The molecular formula is C36H38N4O8. The number of anilines is 1. The third kappa shape index (κ3) is 4.72. The van der Waals surface area contributed by atoms with Crippen LogP contribution in [0.3, 0.4) is 0 Å². The number of fused-ring (bicyclic) bond motifs is 4. The number of nitrogens with zero attached hydrogens (tertiary/aromatic N) is 2. The Hall–Kier alpha value is -4.97. The first-order valence-electron chi connectivity index (χ1n) is 16.3. The number of hydrogen-bond acceptors (Lipinski definition) is 11. The first kappa shape index (κ1) is 31.6. The molecule has 1 amide bonds. The fraction of sp³-hybridized carbons (Fsp3) is 0.417. The van der Waals surface area contributed by atoms with Crippen LogP contribution in [0.25, 0.3) is 11.6 Å². The van der Waals surface area contributed by atoms with Crippen LogP contribution in [-0.4, -0.2) is 51.7 Å². The average Bonchev–Trinajstić information content (AvgIpc) is 3.86. The molecule has 12 nitrogen and oxygen atoms in total. The highest BCUT2D eigenvalue weighted by Crippen LogP contribution is 2.59. The fourth-order valence-corrected chi connectivity index (χ4v) is 7.20. The van der Waals surface area contributed by atoms with E-state index in [0.29, 0.717) is 11.5 Å². The number of Topliss-reactive ketones (excluding diaryl/α,β-unsaturated/α-hetero) is 1. The van der Waals surface area contributed by atoms with Crippen molar-refractivity contribution in [2.75, 3.05) is 12.4 Å². The number of nitrogens with one attached hydrogen (secondary N) is 2. The van der Waals surface area contributed by atoms with Crippen LogP contribution in [-0.2, 0) is 26.2 Å². The van der Waals surface area contributed by atoms with Gasteiger partial charge in [-0.15, -0.1) is 0 Å². The van der Waals surface area contributed by atoms with Crippen LogP contribution in [0, 0.1) is 11.8 Å². The van der Waals surface area contributed by atoms with Crippen molar-refractivity contribution in [2.45, 2.75) is 76.7 Å². The van der Waals surface area contributed by atoms with Crippen molar-refractivity contribution in [3.63, 3.8) is 0 Å². The maximum Gasteiger partial charge on any atom is 0.360 e. The number of oxazole rings is 2. The molecule has 48 heavy (non-hydrogen) atoms. The Balaban J connectivity index is 1.47. The minimum absolute atomic E-state index is 0.0353. The van der Waals surface area contributed by atoms with E-state index >= 15 is 0 Å². The Kier molecular flexibility index (Phi) is 7.66. The molecule has 250 valence electrons. The highest BCUT2D eigenvalue weighted by molar-refractivity contribution is 5.92. The van der Waals surface area contributed by atoms with Gasteiger partial charge in [-0.1, -0.05) is 58.0 Å². The van der Waals surface area contributed by atoms with Gasteiger partial charge in [0.25, 0.3) is 0 Å². The van der Waals surface area contributed by atoms with Gasteiger partial charge in [-0.2, -0.15) is 0 Å². The lowest BCUT2D eigenvalue weighted by Gasteiger charge is -2.29. The summed E-state index contributed by atoms with van der Waals surface area (Å²) < 4.78 is 24.1. The van der Waals surface area contributed by atoms with Gasteiger partial charge in [0, 0.05) is 23.6 Å². The molecule has 0 aliphatic carbocycles. The lowest BCUT2D eigenvalue weighted by atomic mass is 9.72. The molecule has 0 saturated heterocycles. The highest BCUT2D eigenvalue weighted by Gasteiger charge is 2.61. The molecule has 0 fully saturated rings. The molecule has 1 spiro atoms. The number of esters is 1. The fourth-order valence-electron chi connectivity index (χ4n) is 7.20. The van der Waals surface area contributed by atoms with Crippen molar-refractivity contribution in [3.05, 3.63) is 82.8 Å². The molecule has 4 atom stereocenters. The van der Waals surface area contributed by atoms with Crippen LogP contribution in [0.2, 0.25) is 0 Å². The zero-order valence-electron chi connectivity index (χ0n) is 27.5. The molecule has 7 rings (SSSR count). The Morgan fingerprint density at radius 1 is 1.10 bits per heavy atom. The second-order valence-corrected chi connectivity index (χ2v) is 13.1. The monoisotopic (exact) mass is 654 g/mol. The average molecular weight is 655 g/mol. The predicted molar refractivity (Wildman–Crippen MR) is 172 cm³/mol. The summed E-state index contributed by atoms with van der Waals surface area (Å²) in [5.41, 5.74) is 0.902. The van der Waals surface area contributed by atoms with Gasteiger partial charge in [0.2, 0.25) is 17.7 Å². The topological polar surface area (TPSA) is 166 Å². The summed E-state index contributed by atoms with van der Waals surface area (Å²) >= 11 is 0. The van der Waals surface area contributed by atoms with E-state index in [4.69, 9.17) is 23.3 Å². The number of carbonyl (C=O) groups is 3. The van der Waals surface area contributed by atoms with E-state index in [0.717, 1.165) is 22.4 Å². The lowest BCUT2D eigenvalue weighted by Crippen LogP contribution is -2.43. The summed E-state index contributed by atoms with van der Waals surface area (Å²) in [6.07, 6.45) is 1.16. The molecule has 3 N–H and O–H groups in total. The van der Waals surface area contributed by atoms with Crippen molar-refractivity contribution in [1.29, 1.82) is 0 Å². The second kappa shape index (κ2) is 11.6.